The van der Waals surface area contributed by atoms with Gasteiger partial charge in [-0.15, -0.1) is 0 Å². The lowest BCUT2D eigenvalue weighted by atomic mass is 10.3. The van der Waals surface area contributed by atoms with Gasteiger partial charge < -0.3 is 14.3 Å². The van der Waals surface area contributed by atoms with Crippen molar-refractivity contribution >= 4 is 18.2 Å². The number of hydrogen-bond acceptors (Lipinski definition) is 5. The molecule has 5 heteroatoms. The van der Waals surface area contributed by atoms with Gasteiger partial charge in [-0.05, 0) is 12.8 Å². The zero-order valence-electron chi connectivity index (χ0n) is 10.3. The van der Waals surface area contributed by atoms with Crippen LogP contribution in [0.1, 0.15) is 45.4 Å². The van der Waals surface area contributed by atoms with Gasteiger partial charge in [-0.25, -0.2) is 0 Å². The second-order valence-corrected chi connectivity index (χ2v) is 3.60. The molecule has 0 aliphatic rings. The van der Waals surface area contributed by atoms with Gasteiger partial charge in [-0.2, -0.15) is 0 Å². The lowest BCUT2D eigenvalue weighted by Crippen LogP contribution is -2.11. The van der Waals surface area contributed by atoms with E-state index in [0.29, 0.717) is 19.4 Å². The monoisotopic (exact) mass is 244 g/mol. The molecular formula is C12H20O5. The summed E-state index contributed by atoms with van der Waals surface area (Å²) in [4.78, 5) is 32.2. The Labute approximate surface area is 101 Å². The molecule has 0 fully saturated rings. The second-order valence-electron chi connectivity index (χ2n) is 3.60. The molecule has 0 aromatic carbocycles. The van der Waals surface area contributed by atoms with Crippen LogP contribution < -0.4 is 0 Å². The van der Waals surface area contributed by atoms with Crippen LogP contribution in [0, 0.1) is 0 Å². The van der Waals surface area contributed by atoms with Crippen LogP contribution in [0.3, 0.4) is 0 Å². The molecule has 0 aliphatic carbocycles. The molecule has 0 N–H and O–H groups in total. The van der Waals surface area contributed by atoms with E-state index in [4.69, 9.17) is 9.47 Å². The first-order chi connectivity index (χ1) is 8.20. The first-order valence-corrected chi connectivity index (χ1v) is 5.95. The van der Waals surface area contributed by atoms with E-state index in [9.17, 15) is 14.4 Å². The van der Waals surface area contributed by atoms with Crippen molar-refractivity contribution in [1.82, 2.24) is 0 Å². The fraction of sp³-hybridized carbons (Fsp3) is 0.750. The molecule has 0 saturated carbocycles. The van der Waals surface area contributed by atoms with Gasteiger partial charge in [0.2, 0.25) is 0 Å². The Balaban J connectivity index is 3.42. The summed E-state index contributed by atoms with van der Waals surface area (Å²) in [5, 5.41) is 0. The average molecular weight is 244 g/mol. The van der Waals surface area contributed by atoms with Crippen molar-refractivity contribution in [3.63, 3.8) is 0 Å². The van der Waals surface area contributed by atoms with E-state index in [1.807, 2.05) is 6.92 Å². The lowest BCUT2D eigenvalue weighted by Gasteiger charge is -2.04. The zero-order chi connectivity index (χ0) is 12.9. The van der Waals surface area contributed by atoms with Crippen LogP contribution in [0.2, 0.25) is 0 Å². The third-order valence-corrected chi connectivity index (χ3v) is 2.02. The minimum Gasteiger partial charge on any atom is -0.466 e. The Kier molecular flexibility index (Phi) is 10.2. The maximum atomic E-state index is 11.1. The number of rotatable bonds is 10. The van der Waals surface area contributed by atoms with Crippen molar-refractivity contribution in [3.8, 4) is 0 Å². The molecule has 0 atom stereocenters. The smallest absolute Gasteiger partial charge is 0.306 e. The van der Waals surface area contributed by atoms with E-state index >= 15 is 0 Å². The Morgan fingerprint density at radius 1 is 1.00 bits per heavy atom. The van der Waals surface area contributed by atoms with Crippen LogP contribution >= 0.6 is 0 Å². The van der Waals surface area contributed by atoms with Crippen molar-refractivity contribution < 1.29 is 23.9 Å². The van der Waals surface area contributed by atoms with E-state index in [-0.39, 0.29) is 25.4 Å². The van der Waals surface area contributed by atoms with E-state index < -0.39 is 5.97 Å². The molecule has 0 saturated heterocycles. The summed E-state index contributed by atoms with van der Waals surface area (Å²) in [6.45, 7) is 2.64. The number of unbranched alkanes of at least 4 members (excludes halogenated alkanes) is 2. The zero-order valence-corrected chi connectivity index (χ0v) is 10.3. The molecule has 0 spiro atoms. The van der Waals surface area contributed by atoms with Crippen LogP contribution in [0.25, 0.3) is 0 Å². The van der Waals surface area contributed by atoms with Crippen LogP contribution in [-0.2, 0) is 23.9 Å². The molecule has 0 unspecified atom stereocenters. The summed E-state index contributed by atoms with van der Waals surface area (Å²) < 4.78 is 9.70. The van der Waals surface area contributed by atoms with Gasteiger partial charge in [-0.3, -0.25) is 9.59 Å². The second kappa shape index (κ2) is 11.1. The van der Waals surface area contributed by atoms with Gasteiger partial charge in [0.25, 0.3) is 0 Å². The quantitative estimate of drug-likeness (QED) is 0.332. The van der Waals surface area contributed by atoms with E-state index in [1.165, 1.54) is 0 Å². The number of aldehydes is 1. The fourth-order valence-electron chi connectivity index (χ4n) is 1.03. The third kappa shape index (κ3) is 10.9. The predicted molar refractivity (Wildman–Crippen MR) is 61.4 cm³/mol. The summed E-state index contributed by atoms with van der Waals surface area (Å²) in [7, 11) is 0. The Morgan fingerprint density at radius 2 is 1.53 bits per heavy atom. The number of ether oxygens (including phenoxy) is 2. The summed E-state index contributed by atoms with van der Waals surface area (Å²) in [6.07, 6.45) is 3.57. The maximum Gasteiger partial charge on any atom is 0.306 e. The first-order valence-electron chi connectivity index (χ1n) is 5.95. The molecule has 5 nitrogen and oxygen atoms in total. The van der Waals surface area contributed by atoms with Crippen molar-refractivity contribution in [3.05, 3.63) is 0 Å². The Morgan fingerprint density at radius 3 is 2.00 bits per heavy atom. The third-order valence-electron chi connectivity index (χ3n) is 2.02. The molecule has 0 bridgehead atoms. The summed E-state index contributed by atoms with van der Waals surface area (Å²) in [5.74, 6) is -0.799. The van der Waals surface area contributed by atoms with E-state index in [0.717, 1.165) is 19.1 Å². The highest BCUT2D eigenvalue weighted by Crippen LogP contribution is 1.98. The maximum absolute atomic E-state index is 11.1. The van der Waals surface area contributed by atoms with Gasteiger partial charge in [0.15, 0.2) is 0 Å². The molecule has 0 rings (SSSR count). The lowest BCUT2D eigenvalue weighted by molar-refractivity contribution is -0.150. The van der Waals surface area contributed by atoms with Gasteiger partial charge in [0.05, 0.1) is 26.1 Å². The molecule has 98 valence electrons. The highest BCUT2D eigenvalue weighted by Gasteiger charge is 2.08. The highest BCUT2D eigenvalue weighted by molar-refractivity contribution is 5.77. The molecule has 0 aromatic heterocycles. The minimum atomic E-state index is -0.427. The summed E-state index contributed by atoms with van der Waals surface area (Å²) in [6, 6.07) is 0. The topological polar surface area (TPSA) is 69.7 Å². The normalized spacial score (nSPS) is 9.71. The highest BCUT2D eigenvalue weighted by atomic mass is 16.5. The van der Waals surface area contributed by atoms with E-state index in [1.54, 1.807) is 0 Å². The van der Waals surface area contributed by atoms with Crippen molar-refractivity contribution in [2.75, 3.05) is 13.2 Å². The van der Waals surface area contributed by atoms with Crippen LogP contribution in [0.4, 0.5) is 0 Å². The number of hydrogen-bond donors (Lipinski definition) is 0. The molecule has 0 aliphatic heterocycles. The van der Waals surface area contributed by atoms with Crippen molar-refractivity contribution in [2.24, 2.45) is 0 Å². The van der Waals surface area contributed by atoms with Gasteiger partial charge in [0, 0.05) is 6.42 Å². The molecular weight excluding hydrogens is 224 g/mol. The number of esters is 2. The molecule has 0 heterocycles. The SMILES string of the molecule is CCCCOC(=O)CCC(=O)OCCCC=O. The fourth-order valence-corrected chi connectivity index (χ4v) is 1.03. The predicted octanol–water partition coefficient (Wildman–Crippen LogP) is 1.63. The Bertz CT molecular complexity index is 237. The van der Waals surface area contributed by atoms with Crippen LogP contribution in [0.5, 0.6) is 0 Å². The molecule has 17 heavy (non-hydrogen) atoms. The number of carbonyl (C=O) groups is 3. The average Bonchev–Trinajstić information content (AvgIpc) is 2.32. The standard InChI is InChI=1S/C12H20O5/c1-2-3-9-16-11(14)6-7-12(15)17-10-5-4-8-13/h8H,2-7,9-10H2,1H3. The Hall–Kier alpha value is -1.39. The molecule has 0 aromatic rings. The minimum absolute atomic E-state index is 0.0338. The largest absolute Gasteiger partial charge is 0.466 e. The molecule has 0 amide bonds. The van der Waals surface area contributed by atoms with Crippen molar-refractivity contribution in [1.29, 1.82) is 0 Å². The first kappa shape index (κ1) is 15.6. The van der Waals surface area contributed by atoms with Crippen molar-refractivity contribution in [2.45, 2.75) is 45.4 Å². The van der Waals surface area contributed by atoms with Crippen LogP contribution in [0.15, 0.2) is 0 Å². The summed E-state index contributed by atoms with van der Waals surface area (Å²) in [5.41, 5.74) is 0. The summed E-state index contributed by atoms with van der Waals surface area (Å²) >= 11 is 0. The van der Waals surface area contributed by atoms with Gasteiger partial charge in [-0.1, -0.05) is 13.3 Å². The van der Waals surface area contributed by atoms with Gasteiger partial charge in [0.1, 0.15) is 6.29 Å². The van der Waals surface area contributed by atoms with Gasteiger partial charge >= 0.3 is 11.9 Å². The molecule has 0 radical (unpaired) electrons. The number of carbonyl (C=O) groups excluding carboxylic acids is 3. The van der Waals surface area contributed by atoms with E-state index in [2.05, 4.69) is 0 Å². The van der Waals surface area contributed by atoms with Crippen LogP contribution in [-0.4, -0.2) is 31.4 Å².